The Labute approximate surface area is 185 Å². The number of nitrogens with one attached hydrogen (secondary N) is 2. The monoisotopic (exact) mass is 435 g/mol. The molecule has 4 rings (SSSR count). The highest BCUT2D eigenvalue weighted by Gasteiger charge is 2.18. The SMILES string of the molecule is COc1cc(Nc2nc(Nc3cccnc3)nc3c2ncn3C(C)C)cc(OC)c1OC. The van der Waals surface area contributed by atoms with E-state index in [1.54, 1.807) is 40.1 Å². The van der Waals surface area contributed by atoms with Crippen LogP contribution in [0.5, 0.6) is 17.2 Å². The van der Waals surface area contributed by atoms with Crippen LogP contribution in [-0.4, -0.2) is 45.8 Å². The molecule has 0 amide bonds. The van der Waals surface area contributed by atoms with Crippen molar-refractivity contribution in [1.29, 1.82) is 0 Å². The zero-order valence-corrected chi connectivity index (χ0v) is 18.6. The molecular weight excluding hydrogens is 410 g/mol. The van der Waals surface area contributed by atoms with E-state index in [4.69, 9.17) is 14.2 Å². The van der Waals surface area contributed by atoms with E-state index in [1.165, 1.54) is 0 Å². The second-order valence-corrected chi connectivity index (χ2v) is 7.22. The molecule has 10 nitrogen and oxygen atoms in total. The Balaban J connectivity index is 1.81. The molecule has 0 radical (unpaired) electrons. The lowest BCUT2D eigenvalue weighted by Crippen LogP contribution is -2.06. The van der Waals surface area contributed by atoms with Crippen LogP contribution in [0.2, 0.25) is 0 Å². The van der Waals surface area contributed by atoms with Crippen molar-refractivity contribution in [1.82, 2.24) is 24.5 Å². The number of fused-ring (bicyclic) bond motifs is 1. The largest absolute Gasteiger partial charge is 0.493 e. The maximum atomic E-state index is 5.47. The summed E-state index contributed by atoms with van der Waals surface area (Å²) in [5.41, 5.74) is 2.83. The molecule has 3 aromatic heterocycles. The first kappa shape index (κ1) is 21.2. The lowest BCUT2D eigenvalue weighted by atomic mass is 10.2. The summed E-state index contributed by atoms with van der Waals surface area (Å²) in [4.78, 5) is 18.0. The zero-order chi connectivity index (χ0) is 22.7. The maximum Gasteiger partial charge on any atom is 0.231 e. The molecule has 1 aromatic carbocycles. The van der Waals surface area contributed by atoms with Gasteiger partial charge in [-0.05, 0) is 26.0 Å². The zero-order valence-electron chi connectivity index (χ0n) is 18.6. The second kappa shape index (κ2) is 8.96. The molecule has 2 N–H and O–H groups in total. The third kappa shape index (κ3) is 4.07. The minimum absolute atomic E-state index is 0.176. The summed E-state index contributed by atoms with van der Waals surface area (Å²) in [6.45, 7) is 4.15. The van der Waals surface area contributed by atoms with E-state index < -0.39 is 0 Å². The fourth-order valence-electron chi connectivity index (χ4n) is 3.29. The molecule has 4 aromatic rings. The third-order valence-corrected chi connectivity index (χ3v) is 4.82. The maximum absolute atomic E-state index is 5.47. The fourth-order valence-corrected chi connectivity index (χ4v) is 3.29. The number of ether oxygens (including phenoxy) is 3. The number of rotatable bonds is 8. The van der Waals surface area contributed by atoms with E-state index in [-0.39, 0.29) is 6.04 Å². The lowest BCUT2D eigenvalue weighted by Gasteiger charge is -2.15. The quantitative estimate of drug-likeness (QED) is 0.418. The number of hydrogen-bond donors (Lipinski definition) is 2. The van der Waals surface area contributed by atoms with Crippen LogP contribution in [0.25, 0.3) is 11.2 Å². The highest BCUT2D eigenvalue weighted by molar-refractivity contribution is 5.87. The Bertz CT molecular complexity index is 1200. The summed E-state index contributed by atoms with van der Waals surface area (Å²) in [7, 11) is 4.71. The summed E-state index contributed by atoms with van der Waals surface area (Å²) >= 11 is 0. The summed E-state index contributed by atoms with van der Waals surface area (Å²) in [6.07, 6.45) is 5.18. The number of benzene rings is 1. The van der Waals surface area contributed by atoms with Crippen molar-refractivity contribution in [3.8, 4) is 17.2 Å². The predicted octanol–water partition coefficient (Wildman–Crippen LogP) is 4.32. The van der Waals surface area contributed by atoms with Gasteiger partial charge in [-0.3, -0.25) is 4.98 Å². The van der Waals surface area contributed by atoms with E-state index in [0.717, 1.165) is 5.69 Å². The highest BCUT2D eigenvalue weighted by Crippen LogP contribution is 2.41. The standard InChI is InChI=1S/C22H25N7O3/c1-13(2)29-12-24-18-20(25-15-9-16(30-3)19(32-5)17(10-15)31-4)27-22(28-21(18)29)26-14-7-6-8-23-11-14/h6-13H,1-5H3,(H2,25,26,27,28). The van der Waals surface area contributed by atoms with Crippen LogP contribution in [0.4, 0.5) is 23.1 Å². The molecule has 0 saturated heterocycles. The molecule has 0 aliphatic rings. The normalized spacial score (nSPS) is 10.9. The van der Waals surface area contributed by atoms with E-state index in [2.05, 4.69) is 44.4 Å². The van der Waals surface area contributed by atoms with Gasteiger partial charge in [0.05, 0.1) is 39.5 Å². The van der Waals surface area contributed by atoms with Gasteiger partial charge >= 0.3 is 0 Å². The molecule has 0 unspecified atom stereocenters. The topological polar surface area (TPSA) is 108 Å². The van der Waals surface area contributed by atoms with Gasteiger partial charge in [0.2, 0.25) is 11.7 Å². The third-order valence-electron chi connectivity index (χ3n) is 4.82. The average Bonchev–Trinajstić information content (AvgIpc) is 3.23. The minimum Gasteiger partial charge on any atom is -0.493 e. The van der Waals surface area contributed by atoms with Crippen molar-refractivity contribution in [3.63, 3.8) is 0 Å². The number of anilines is 4. The summed E-state index contributed by atoms with van der Waals surface area (Å²) in [6, 6.07) is 7.53. The predicted molar refractivity (Wildman–Crippen MR) is 123 cm³/mol. The van der Waals surface area contributed by atoms with Crippen LogP contribution in [-0.2, 0) is 0 Å². The molecule has 0 aliphatic carbocycles. The van der Waals surface area contributed by atoms with Gasteiger partial charge < -0.3 is 29.4 Å². The van der Waals surface area contributed by atoms with Crippen molar-refractivity contribution in [2.24, 2.45) is 0 Å². The van der Waals surface area contributed by atoms with Crippen LogP contribution in [0.3, 0.4) is 0 Å². The Morgan fingerprint density at radius 3 is 2.28 bits per heavy atom. The van der Waals surface area contributed by atoms with Gasteiger partial charge in [0, 0.05) is 30.1 Å². The lowest BCUT2D eigenvalue weighted by molar-refractivity contribution is 0.324. The van der Waals surface area contributed by atoms with Crippen molar-refractivity contribution < 1.29 is 14.2 Å². The number of hydrogen-bond acceptors (Lipinski definition) is 9. The van der Waals surface area contributed by atoms with Gasteiger partial charge in [0.1, 0.15) is 0 Å². The van der Waals surface area contributed by atoms with Crippen LogP contribution in [0, 0.1) is 0 Å². The van der Waals surface area contributed by atoms with E-state index >= 15 is 0 Å². The van der Waals surface area contributed by atoms with Gasteiger partial charge in [-0.1, -0.05) is 0 Å². The van der Waals surface area contributed by atoms with E-state index in [1.807, 2.05) is 28.8 Å². The fraction of sp³-hybridized carbons (Fsp3) is 0.273. The number of imidazole rings is 1. The first-order valence-corrected chi connectivity index (χ1v) is 10.0. The highest BCUT2D eigenvalue weighted by atomic mass is 16.5. The summed E-state index contributed by atoms with van der Waals surface area (Å²) in [5, 5.41) is 6.53. The van der Waals surface area contributed by atoms with Gasteiger partial charge in [-0.25, -0.2) is 4.98 Å². The molecule has 32 heavy (non-hydrogen) atoms. The van der Waals surface area contributed by atoms with E-state index in [9.17, 15) is 0 Å². The first-order valence-electron chi connectivity index (χ1n) is 10.0. The van der Waals surface area contributed by atoms with Crippen LogP contribution < -0.4 is 24.8 Å². The first-order chi connectivity index (χ1) is 15.5. The molecule has 0 spiro atoms. The smallest absolute Gasteiger partial charge is 0.231 e. The van der Waals surface area contributed by atoms with Crippen molar-refractivity contribution in [2.45, 2.75) is 19.9 Å². The summed E-state index contributed by atoms with van der Waals surface area (Å²) in [5.74, 6) is 2.52. The molecule has 0 fully saturated rings. The molecule has 166 valence electrons. The van der Waals surface area contributed by atoms with Crippen LogP contribution in [0.1, 0.15) is 19.9 Å². The molecule has 0 aliphatic heterocycles. The van der Waals surface area contributed by atoms with Gasteiger partial charge in [-0.15, -0.1) is 0 Å². The minimum atomic E-state index is 0.176. The van der Waals surface area contributed by atoms with Gasteiger partial charge in [-0.2, -0.15) is 9.97 Å². The summed E-state index contributed by atoms with van der Waals surface area (Å²) < 4.78 is 18.3. The van der Waals surface area contributed by atoms with Crippen molar-refractivity contribution in [3.05, 3.63) is 43.0 Å². The number of methoxy groups -OCH3 is 3. The number of nitrogens with zero attached hydrogens (tertiary/aromatic N) is 5. The van der Waals surface area contributed by atoms with Crippen LogP contribution >= 0.6 is 0 Å². The molecule has 0 atom stereocenters. The molecular formula is C22H25N7O3. The number of aromatic nitrogens is 5. The van der Waals surface area contributed by atoms with Crippen LogP contribution in [0.15, 0.2) is 43.0 Å². The Hall–Kier alpha value is -4.08. The Morgan fingerprint density at radius 2 is 1.69 bits per heavy atom. The van der Waals surface area contributed by atoms with E-state index in [0.29, 0.717) is 45.9 Å². The molecule has 10 heteroatoms. The van der Waals surface area contributed by atoms with Gasteiger partial charge in [0.25, 0.3) is 0 Å². The Morgan fingerprint density at radius 1 is 0.938 bits per heavy atom. The van der Waals surface area contributed by atoms with Crippen molar-refractivity contribution in [2.75, 3.05) is 32.0 Å². The molecule has 3 heterocycles. The average molecular weight is 435 g/mol. The number of pyridine rings is 1. The molecule has 0 bridgehead atoms. The van der Waals surface area contributed by atoms with Crippen molar-refractivity contribution >= 4 is 34.3 Å². The van der Waals surface area contributed by atoms with Gasteiger partial charge in [0.15, 0.2) is 28.5 Å². The molecule has 0 saturated carbocycles. The second-order valence-electron chi connectivity index (χ2n) is 7.22. The Kier molecular flexibility index (Phi) is 5.93.